The highest BCUT2D eigenvalue weighted by molar-refractivity contribution is 7.89. The Hall–Kier alpha value is -1.15. The molecule has 0 fully saturated rings. The Bertz CT molecular complexity index is 695. The topological polar surface area (TPSA) is 76.9 Å². The molecule has 1 N–H and O–H groups in total. The number of aryl methyl sites for hydroxylation is 1. The summed E-state index contributed by atoms with van der Waals surface area (Å²) in [4.78, 5) is -0.133. The Labute approximate surface area is 126 Å². The van der Waals surface area contributed by atoms with Gasteiger partial charge in [-0.3, -0.25) is 0 Å². The summed E-state index contributed by atoms with van der Waals surface area (Å²) in [5, 5.41) is 7.72. The number of benzene rings is 1. The standard InChI is InChI=1S/C11H12Cl2N4O2S/c1-2-17-7-14-16-10(17)6-15-20(18,19)11-8(12)4-3-5-9(11)13/h3-5,7,15H,2,6H2,1H3. The molecule has 1 heterocycles. The summed E-state index contributed by atoms with van der Waals surface area (Å²) in [5.74, 6) is 0.513. The van der Waals surface area contributed by atoms with Gasteiger partial charge in [0.15, 0.2) is 0 Å². The summed E-state index contributed by atoms with van der Waals surface area (Å²) in [5.41, 5.74) is 0. The highest BCUT2D eigenvalue weighted by atomic mass is 35.5. The lowest BCUT2D eigenvalue weighted by molar-refractivity contribution is 0.575. The number of sulfonamides is 1. The molecular weight excluding hydrogens is 323 g/mol. The predicted octanol–water partition coefficient (Wildman–Crippen LogP) is 2.08. The molecule has 0 spiro atoms. The second-order valence-corrected chi connectivity index (χ2v) is 6.43. The van der Waals surface area contributed by atoms with Crippen molar-refractivity contribution >= 4 is 33.2 Å². The average Bonchev–Trinajstić information content (AvgIpc) is 2.83. The molecule has 1 aromatic carbocycles. The summed E-state index contributed by atoms with van der Waals surface area (Å²) < 4.78 is 28.6. The van der Waals surface area contributed by atoms with Crippen molar-refractivity contribution in [3.05, 3.63) is 40.4 Å². The Balaban J connectivity index is 2.24. The van der Waals surface area contributed by atoms with E-state index in [1.807, 2.05) is 6.92 Å². The first-order valence-corrected chi connectivity index (χ1v) is 8.00. The molecule has 2 rings (SSSR count). The molecule has 20 heavy (non-hydrogen) atoms. The van der Waals surface area contributed by atoms with E-state index in [1.54, 1.807) is 10.6 Å². The largest absolute Gasteiger partial charge is 0.317 e. The summed E-state index contributed by atoms with van der Waals surface area (Å²) >= 11 is 11.8. The van der Waals surface area contributed by atoms with Crippen LogP contribution in [0.3, 0.4) is 0 Å². The van der Waals surface area contributed by atoms with Crippen LogP contribution >= 0.6 is 23.2 Å². The van der Waals surface area contributed by atoms with E-state index in [0.29, 0.717) is 12.4 Å². The zero-order chi connectivity index (χ0) is 14.8. The van der Waals surface area contributed by atoms with Gasteiger partial charge in [-0.1, -0.05) is 29.3 Å². The van der Waals surface area contributed by atoms with Crippen LogP contribution in [-0.4, -0.2) is 23.2 Å². The maximum Gasteiger partial charge on any atom is 0.243 e. The molecule has 0 aliphatic carbocycles. The maximum absolute atomic E-state index is 12.2. The van der Waals surface area contributed by atoms with Crippen LogP contribution in [0.1, 0.15) is 12.7 Å². The molecule has 108 valence electrons. The van der Waals surface area contributed by atoms with E-state index < -0.39 is 10.0 Å². The minimum atomic E-state index is -3.82. The van der Waals surface area contributed by atoms with Gasteiger partial charge in [-0.05, 0) is 19.1 Å². The smallest absolute Gasteiger partial charge is 0.243 e. The fourth-order valence-electron chi connectivity index (χ4n) is 1.65. The molecule has 0 aliphatic rings. The van der Waals surface area contributed by atoms with E-state index in [0.717, 1.165) is 0 Å². The fourth-order valence-corrected chi connectivity index (χ4v) is 3.77. The molecule has 2 aromatic rings. The molecule has 0 aliphatic heterocycles. The maximum atomic E-state index is 12.2. The van der Waals surface area contributed by atoms with Crippen LogP contribution in [0.15, 0.2) is 29.4 Å². The molecule has 0 bridgehead atoms. The lowest BCUT2D eigenvalue weighted by atomic mass is 10.4. The average molecular weight is 335 g/mol. The molecule has 0 unspecified atom stereocenters. The van der Waals surface area contributed by atoms with Crippen molar-refractivity contribution < 1.29 is 8.42 Å². The second-order valence-electron chi connectivity index (χ2n) is 3.91. The SMILES string of the molecule is CCn1cnnc1CNS(=O)(=O)c1c(Cl)cccc1Cl. The zero-order valence-electron chi connectivity index (χ0n) is 10.5. The summed E-state index contributed by atoms with van der Waals surface area (Å²) in [6.45, 7) is 2.57. The monoisotopic (exact) mass is 334 g/mol. The lowest BCUT2D eigenvalue weighted by Gasteiger charge is -2.10. The van der Waals surface area contributed by atoms with E-state index in [9.17, 15) is 8.42 Å². The molecule has 0 saturated carbocycles. The first-order chi connectivity index (χ1) is 9.45. The van der Waals surface area contributed by atoms with E-state index >= 15 is 0 Å². The van der Waals surface area contributed by atoms with Crippen molar-refractivity contribution in [3.63, 3.8) is 0 Å². The van der Waals surface area contributed by atoms with Gasteiger partial charge in [-0.2, -0.15) is 0 Å². The molecule has 0 atom stereocenters. The van der Waals surface area contributed by atoms with Crippen molar-refractivity contribution in [2.24, 2.45) is 0 Å². The lowest BCUT2D eigenvalue weighted by Crippen LogP contribution is -2.25. The van der Waals surface area contributed by atoms with Crippen LogP contribution in [0.25, 0.3) is 0 Å². The highest BCUT2D eigenvalue weighted by Crippen LogP contribution is 2.28. The Morgan fingerprint density at radius 2 is 1.95 bits per heavy atom. The highest BCUT2D eigenvalue weighted by Gasteiger charge is 2.21. The Morgan fingerprint density at radius 3 is 2.55 bits per heavy atom. The van der Waals surface area contributed by atoms with Crippen LogP contribution in [0, 0.1) is 0 Å². The fraction of sp³-hybridized carbons (Fsp3) is 0.273. The number of aromatic nitrogens is 3. The van der Waals surface area contributed by atoms with Crippen molar-refractivity contribution in [2.75, 3.05) is 0 Å². The summed E-state index contributed by atoms with van der Waals surface area (Å²) in [7, 11) is -3.82. The van der Waals surface area contributed by atoms with Gasteiger partial charge >= 0.3 is 0 Å². The van der Waals surface area contributed by atoms with Gasteiger partial charge in [0.05, 0.1) is 16.6 Å². The van der Waals surface area contributed by atoms with Crippen molar-refractivity contribution in [1.29, 1.82) is 0 Å². The number of hydrogen-bond acceptors (Lipinski definition) is 4. The minimum Gasteiger partial charge on any atom is -0.317 e. The third-order valence-electron chi connectivity index (χ3n) is 2.64. The number of nitrogens with one attached hydrogen (secondary N) is 1. The quantitative estimate of drug-likeness (QED) is 0.908. The Morgan fingerprint density at radius 1 is 1.30 bits per heavy atom. The Kier molecular flexibility index (Phi) is 4.64. The summed E-state index contributed by atoms with van der Waals surface area (Å²) in [6, 6.07) is 4.52. The van der Waals surface area contributed by atoms with Crippen LogP contribution in [0.2, 0.25) is 10.0 Å². The van der Waals surface area contributed by atoms with Gasteiger partial charge in [-0.15, -0.1) is 10.2 Å². The molecule has 9 heteroatoms. The molecular formula is C11H12Cl2N4O2S. The van der Waals surface area contributed by atoms with Crippen LogP contribution in [0.4, 0.5) is 0 Å². The molecule has 1 aromatic heterocycles. The molecule has 0 amide bonds. The normalized spacial score (nSPS) is 11.8. The third kappa shape index (κ3) is 3.12. The number of halogens is 2. The van der Waals surface area contributed by atoms with E-state index in [-0.39, 0.29) is 21.5 Å². The number of nitrogens with zero attached hydrogens (tertiary/aromatic N) is 3. The van der Waals surface area contributed by atoms with Crippen molar-refractivity contribution in [2.45, 2.75) is 24.9 Å². The van der Waals surface area contributed by atoms with Gasteiger partial charge in [0.1, 0.15) is 17.0 Å². The third-order valence-corrected chi connectivity index (χ3v) is 5.00. The van der Waals surface area contributed by atoms with E-state index in [1.165, 1.54) is 18.5 Å². The molecule has 0 saturated heterocycles. The zero-order valence-corrected chi connectivity index (χ0v) is 12.9. The van der Waals surface area contributed by atoms with Gasteiger partial charge in [0, 0.05) is 6.54 Å². The predicted molar refractivity (Wildman–Crippen MR) is 76.2 cm³/mol. The number of hydrogen-bond donors (Lipinski definition) is 1. The van der Waals surface area contributed by atoms with E-state index in [2.05, 4.69) is 14.9 Å². The first kappa shape index (κ1) is 15.2. The van der Waals surface area contributed by atoms with Crippen LogP contribution in [0.5, 0.6) is 0 Å². The van der Waals surface area contributed by atoms with Gasteiger partial charge in [0.2, 0.25) is 10.0 Å². The van der Waals surface area contributed by atoms with Gasteiger partial charge in [-0.25, -0.2) is 13.1 Å². The second kappa shape index (κ2) is 6.09. The van der Waals surface area contributed by atoms with Crippen LogP contribution in [-0.2, 0) is 23.1 Å². The van der Waals surface area contributed by atoms with E-state index in [4.69, 9.17) is 23.2 Å². The first-order valence-electron chi connectivity index (χ1n) is 5.76. The van der Waals surface area contributed by atoms with Crippen LogP contribution < -0.4 is 4.72 Å². The number of rotatable bonds is 5. The van der Waals surface area contributed by atoms with Gasteiger partial charge < -0.3 is 4.57 Å². The van der Waals surface area contributed by atoms with Crippen molar-refractivity contribution in [3.8, 4) is 0 Å². The minimum absolute atomic E-state index is 0.0116. The van der Waals surface area contributed by atoms with Crippen molar-refractivity contribution in [1.82, 2.24) is 19.5 Å². The molecule has 6 nitrogen and oxygen atoms in total. The van der Waals surface area contributed by atoms with Gasteiger partial charge in [0.25, 0.3) is 0 Å². The molecule has 0 radical (unpaired) electrons. The summed E-state index contributed by atoms with van der Waals surface area (Å²) in [6.07, 6.45) is 1.53.